The first-order chi connectivity index (χ1) is 30.6. The first-order valence-electron chi connectivity index (χ1n) is 20.4. The lowest BCUT2D eigenvalue weighted by Gasteiger charge is -2.25. The molecule has 0 radical (unpaired) electrons. The average Bonchev–Trinajstić information content (AvgIpc) is 3.33. The highest BCUT2D eigenvalue weighted by atomic mass is 16.3. The summed E-state index contributed by atoms with van der Waals surface area (Å²) in [6, 6.07) is 76.6. The van der Waals surface area contributed by atoms with Gasteiger partial charge in [-0.3, -0.25) is 9.98 Å². The Morgan fingerprint density at radius 1 is 0.290 bits per heavy atom. The van der Waals surface area contributed by atoms with Crippen molar-refractivity contribution in [2.75, 3.05) is 9.80 Å². The van der Waals surface area contributed by atoms with Gasteiger partial charge in [0.05, 0.1) is 11.4 Å². The minimum atomic E-state index is 0.121. The van der Waals surface area contributed by atoms with E-state index in [2.05, 4.69) is 107 Å². The lowest BCUT2D eigenvalue weighted by Crippen LogP contribution is -2.09. The Morgan fingerprint density at radius 2 is 0.565 bits per heavy atom. The molecule has 2 N–H and O–H groups in total. The molecule has 0 unspecified atom stereocenters. The molecule has 0 heterocycles. The largest absolute Gasteiger partial charge is 0.507 e. The highest BCUT2D eigenvalue weighted by molar-refractivity contribution is 5.91. The van der Waals surface area contributed by atoms with Gasteiger partial charge in [-0.25, -0.2) is 0 Å². The van der Waals surface area contributed by atoms with Crippen LogP contribution in [0.15, 0.2) is 241 Å². The van der Waals surface area contributed by atoms with Crippen molar-refractivity contribution in [3.05, 3.63) is 242 Å². The van der Waals surface area contributed by atoms with E-state index in [1.807, 2.05) is 121 Å². The molecule has 298 valence electrons. The second-order valence-electron chi connectivity index (χ2n) is 14.7. The zero-order valence-electron chi connectivity index (χ0n) is 33.8. The van der Waals surface area contributed by atoms with Crippen molar-refractivity contribution in [2.45, 2.75) is 0 Å². The Balaban J connectivity index is 0.889. The van der Waals surface area contributed by atoms with Gasteiger partial charge in [0.25, 0.3) is 0 Å². The number of benzene rings is 9. The monoisotopic (exact) mass is 802 g/mol. The minimum absolute atomic E-state index is 0.121. The fourth-order valence-corrected chi connectivity index (χ4v) is 7.43. The molecule has 0 amide bonds. The quantitative estimate of drug-likeness (QED) is 0.121. The van der Waals surface area contributed by atoms with Crippen LogP contribution in [0, 0.1) is 0 Å². The summed E-state index contributed by atoms with van der Waals surface area (Å²) in [5.74, 6) is 0.242. The first-order valence-corrected chi connectivity index (χ1v) is 20.4. The van der Waals surface area contributed by atoms with Crippen LogP contribution < -0.4 is 9.80 Å². The number of phenolic OH excluding ortho intramolecular Hbond substituents is 2. The van der Waals surface area contributed by atoms with Crippen molar-refractivity contribution in [2.24, 2.45) is 9.98 Å². The molecule has 0 aromatic heterocycles. The van der Waals surface area contributed by atoms with Crippen LogP contribution in [0.3, 0.4) is 0 Å². The van der Waals surface area contributed by atoms with E-state index in [0.717, 1.165) is 56.4 Å². The molecule has 6 nitrogen and oxygen atoms in total. The summed E-state index contributed by atoms with van der Waals surface area (Å²) in [4.78, 5) is 13.8. The molecule has 9 rings (SSSR count). The highest BCUT2D eigenvalue weighted by Gasteiger charge is 2.14. The molecule has 9 aromatic rings. The van der Waals surface area contributed by atoms with Crippen LogP contribution >= 0.6 is 0 Å². The number of aromatic hydroxyl groups is 2. The number of aliphatic imine (C=N–C) groups is 2. The normalized spacial score (nSPS) is 11.2. The molecular formula is C56H42N4O2. The highest BCUT2D eigenvalue weighted by Crippen LogP contribution is 2.38. The van der Waals surface area contributed by atoms with Crippen LogP contribution in [0.2, 0.25) is 0 Å². The maximum absolute atomic E-state index is 11.1. The summed E-state index contributed by atoms with van der Waals surface area (Å²) in [5.41, 5.74) is 12.5. The van der Waals surface area contributed by atoms with Gasteiger partial charge in [-0.05, 0) is 131 Å². The second-order valence-corrected chi connectivity index (χ2v) is 14.7. The van der Waals surface area contributed by atoms with E-state index in [-0.39, 0.29) is 11.5 Å². The zero-order valence-corrected chi connectivity index (χ0v) is 33.8. The molecule has 0 aliphatic heterocycles. The summed E-state index contributed by atoms with van der Waals surface area (Å²) in [5, 5.41) is 22.2. The third kappa shape index (κ3) is 8.76. The van der Waals surface area contributed by atoms with E-state index < -0.39 is 0 Å². The molecule has 0 spiro atoms. The molecule has 0 bridgehead atoms. The number of phenols is 2. The molecule has 0 atom stereocenters. The van der Waals surface area contributed by atoms with E-state index in [1.165, 1.54) is 0 Å². The van der Waals surface area contributed by atoms with Crippen molar-refractivity contribution >= 4 is 57.9 Å². The molecule has 6 heteroatoms. The fraction of sp³-hybridized carbons (Fsp3) is 0. The number of hydrogen-bond donors (Lipinski definition) is 2. The SMILES string of the molecule is Oc1cc(-c2ccc(N(c3ccccc3)c3ccccc3)cc2)ccc1/C=N/c1ccccc1/N=C/c1ccc(-c2ccc(N(c3ccccc3)c3ccccc3)cc2)cc1O. The molecule has 0 fully saturated rings. The molecule has 0 saturated carbocycles. The van der Waals surface area contributed by atoms with Crippen LogP contribution in [0.25, 0.3) is 22.3 Å². The lowest BCUT2D eigenvalue weighted by molar-refractivity contribution is 0.474. The number of para-hydroxylation sites is 6. The zero-order chi connectivity index (χ0) is 42.1. The van der Waals surface area contributed by atoms with E-state index in [9.17, 15) is 10.2 Å². The Kier molecular flexibility index (Phi) is 11.4. The van der Waals surface area contributed by atoms with Gasteiger partial charge in [0, 0.05) is 57.7 Å². The molecule has 0 saturated heterocycles. The van der Waals surface area contributed by atoms with E-state index in [1.54, 1.807) is 24.6 Å². The Morgan fingerprint density at radius 3 is 0.871 bits per heavy atom. The summed E-state index contributed by atoms with van der Waals surface area (Å²) >= 11 is 0. The maximum atomic E-state index is 11.1. The van der Waals surface area contributed by atoms with Crippen LogP contribution in [0.1, 0.15) is 11.1 Å². The Labute approximate surface area is 362 Å². The Bertz CT molecular complexity index is 2670. The number of nitrogens with zero attached hydrogens (tertiary/aromatic N) is 4. The van der Waals surface area contributed by atoms with Crippen molar-refractivity contribution < 1.29 is 10.2 Å². The van der Waals surface area contributed by atoms with Crippen LogP contribution in [-0.4, -0.2) is 22.6 Å². The van der Waals surface area contributed by atoms with Crippen LogP contribution in [0.4, 0.5) is 45.5 Å². The Hall–Kier alpha value is -8.48. The van der Waals surface area contributed by atoms with Crippen molar-refractivity contribution in [1.29, 1.82) is 0 Å². The third-order valence-electron chi connectivity index (χ3n) is 10.6. The van der Waals surface area contributed by atoms with Crippen molar-refractivity contribution in [1.82, 2.24) is 0 Å². The van der Waals surface area contributed by atoms with E-state index in [0.29, 0.717) is 22.5 Å². The lowest BCUT2D eigenvalue weighted by atomic mass is 10.0. The molecule has 9 aromatic carbocycles. The van der Waals surface area contributed by atoms with Gasteiger partial charge >= 0.3 is 0 Å². The minimum Gasteiger partial charge on any atom is -0.507 e. The summed E-state index contributed by atoms with van der Waals surface area (Å²) in [6.07, 6.45) is 3.29. The fourth-order valence-electron chi connectivity index (χ4n) is 7.43. The smallest absolute Gasteiger partial charge is 0.124 e. The topological polar surface area (TPSA) is 71.7 Å². The van der Waals surface area contributed by atoms with Crippen LogP contribution in [0.5, 0.6) is 11.5 Å². The maximum Gasteiger partial charge on any atom is 0.124 e. The summed E-state index contributed by atoms with van der Waals surface area (Å²) in [7, 11) is 0. The molecule has 62 heavy (non-hydrogen) atoms. The average molecular weight is 803 g/mol. The predicted molar refractivity (Wildman–Crippen MR) is 257 cm³/mol. The molecule has 0 aliphatic carbocycles. The van der Waals surface area contributed by atoms with Gasteiger partial charge in [0.1, 0.15) is 11.5 Å². The molecular weight excluding hydrogens is 761 g/mol. The number of hydrogen-bond acceptors (Lipinski definition) is 6. The summed E-state index contributed by atoms with van der Waals surface area (Å²) in [6.45, 7) is 0. The van der Waals surface area contributed by atoms with Gasteiger partial charge in [0.15, 0.2) is 0 Å². The number of anilines is 6. The standard InChI is InChI=1S/C56H42N4O2/c61-55-37-43(41-29-33-51(34-30-41)59(47-15-5-1-6-16-47)48-17-7-2-8-18-48)25-27-45(55)39-57-53-23-13-14-24-54(53)58-40-46-28-26-44(38-56(46)62)42-31-35-52(36-32-42)60(49-19-9-3-10-20-49)50-21-11-4-12-22-50/h1-40,61-62H/b57-39+,58-40+. The van der Waals surface area contributed by atoms with Gasteiger partial charge in [0.2, 0.25) is 0 Å². The van der Waals surface area contributed by atoms with Gasteiger partial charge in [-0.15, -0.1) is 0 Å². The molecule has 0 aliphatic rings. The van der Waals surface area contributed by atoms with Crippen molar-refractivity contribution in [3.8, 4) is 33.8 Å². The third-order valence-corrected chi connectivity index (χ3v) is 10.6. The van der Waals surface area contributed by atoms with Gasteiger partial charge in [-0.1, -0.05) is 121 Å². The predicted octanol–water partition coefficient (Wildman–Crippen LogP) is 14.9. The van der Waals surface area contributed by atoms with E-state index in [4.69, 9.17) is 9.98 Å². The van der Waals surface area contributed by atoms with Gasteiger partial charge in [-0.2, -0.15) is 0 Å². The van der Waals surface area contributed by atoms with Crippen molar-refractivity contribution in [3.63, 3.8) is 0 Å². The second kappa shape index (κ2) is 18.2. The van der Waals surface area contributed by atoms with Crippen LogP contribution in [-0.2, 0) is 0 Å². The summed E-state index contributed by atoms with van der Waals surface area (Å²) < 4.78 is 0. The first kappa shape index (κ1) is 39.0. The van der Waals surface area contributed by atoms with Gasteiger partial charge < -0.3 is 20.0 Å². The van der Waals surface area contributed by atoms with E-state index >= 15 is 0 Å². The number of rotatable bonds is 12.